The maximum absolute atomic E-state index is 12.0. The maximum atomic E-state index is 12.0. The number of rotatable bonds is 3. The van der Waals surface area contributed by atoms with Gasteiger partial charge in [-0.2, -0.15) is 0 Å². The number of hydrogen-bond acceptors (Lipinski definition) is 4. The summed E-state index contributed by atoms with van der Waals surface area (Å²) in [4.78, 5) is 24.0. The van der Waals surface area contributed by atoms with Crippen molar-refractivity contribution in [1.82, 2.24) is 0 Å². The van der Waals surface area contributed by atoms with Crippen molar-refractivity contribution in [2.24, 2.45) is 0 Å². The van der Waals surface area contributed by atoms with E-state index in [-0.39, 0.29) is 11.9 Å². The Balaban J connectivity index is 2.63. The van der Waals surface area contributed by atoms with Gasteiger partial charge in [0.15, 0.2) is 0 Å². The molecule has 0 aliphatic carbocycles. The molecule has 1 heterocycles. The van der Waals surface area contributed by atoms with Gasteiger partial charge in [0, 0.05) is 17.0 Å². The van der Waals surface area contributed by atoms with Crippen LogP contribution in [-0.2, 0) is 9.53 Å². The number of thiophene rings is 1. The minimum atomic E-state index is -1.58. The number of carbonyl (C=O) groups excluding carboxylic acids is 2. The first-order valence-electron chi connectivity index (χ1n) is 7.75. The van der Waals surface area contributed by atoms with Gasteiger partial charge in [-0.05, 0) is 25.1 Å². The summed E-state index contributed by atoms with van der Waals surface area (Å²) in [6.07, 6.45) is 0. The average Bonchev–Trinajstić information content (AvgIpc) is 2.89. The number of benzene rings is 1. The molecule has 0 atom stereocenters. The maximum Gasteiger partial charge on any atom is 0.348 e. The molecule has 1 amide bonds. The van der Waals surface area contributed by atoms with Crippen molar-refractivity contribution in [3.63, 3.8) is 0 Å². The normalized spacial score (nSPS) is 10.9. The number of esters is 1. The highest BCUT2D eigenvalue weighted by Gasteiger charge is 2.16. The van der Waals surface area contributed by atoms with E-state index < -0.39 is 8.07 Å². The highest BCUT2D eigenvalue weighted by molar-refractivity contribution is 7.20. The Kier molecular flexibility index (Phi) is 5.47. The van der Waals surface area contributed by atoms with E-state index in [1.807, 2.05) is 12.1 Å². The summed E-state index contributed by atoms with van der Waals surface area (Å²) in [5, 5.41) is 3.70. The molecule has 6 heteroatoms. The molecule has 2 aromatic rings. The molecule has 0 bridgehead atoms. The summed E-state index contributed by atoms with van der Waals surface area (Å²) in [6, 6.07) is 5.54. The molecule has 0 saturated carbocycles. The van der Waals surface area contributed by atoms with Gasteiger partial charge in [-0.25, -0.2) is 4.79 Å². The molecular weight excluding hydrogens is 338 g/mol. The fourth-order valence-corrected chi connectivity index (χ4v) is 3.56. The molecule has 1 aromatic carbocycles. The Hall–Kier alpha value is -2.10. The standard InChI is InChI=1S/C18H21NO3SSi/c1-6-22-18(21)17-11-14-13(9-10-24(3,4)5)15(19-12(2)20)7-8-16(14)23-17/h7-8,11H,6H2,1-5H3,(H,19,20). The SMILES string of the molecule is CCOC(=O)c1cc2c(C#C[Si](C)(C)C)c(NC(C)=O)ccc2s1. The topological polar surface area (TPSA) is 55.4 Å². The van der Waals surface area contributed by atoms with Gasteiger partial charge in [0.2, 0.25) is 5.91 Å². The van der Waals surface area contributed by atoms with E-state index in [9.17, 15) is 9.59 Å². The first-order chi connectivity index (χ1) is 11.2. The van der Waals surface area contributed by atoms with Gasteiger partial charge >= 0.3 is 5.97 Å². The lowest BCUT2D eigenvalue weighted by Crippen LogP contribution is -2.16. The third-order valence-corrected chi connectivity index (χ3v) is 5.01. The zero-order valence-corrected chi connectivity index (χ0v) is 16.4. The summed E-state index contributed by atoms with van der Waals surface area (Å²) in [6.45, 7) is 10.1. The van der Waals surface area contributed by atoms with Crippen LogP contribution in [0, 0.1) is 11.5 Å². The minimum Gasteiger partial charge on any atom is -0.462 e. The van der Waals surface area contributed by atoms with Crippen molar-refractivity contribution in [1.29, 1.82) is 0 Å². The van der Waals surface area contributed by atoms with Crippen LogP contribution in [0.25, 0.3) is 10.1 Å². The molecule has 0 aliphatic heterocycles. The number of fused-ring (bicyclic) bond motifs is 1. The van der Waals surface area contributed by atoms with Crippen LogP contribution in [0.5, 0.6) is 0 Å². The number of hydrogen-bond donors (Lipinski definition) is 1. The summed E-state index contributed by atoms with van der Waals surface area (Å²) in [5.74, 6) is 2.76. The Bertz CT molecular complexity index is 853. The molecule has 4 nitrogen and oxygen atoms in total. The molecule has 0 saturated heterocycles. The number of carbonyl (C=O) groups is 2. The molecule has 126 valence electrons. The van der Waals surface area contributed by atoms with Gasteiger partial charge in [0.25, 0.3) is 0 Å². The molecule has 0 radical (unpaired) electrons. The number of ether oxygens (including phenoxy) is 1. The molecule has 0 unspecified atom stereocenters. The van der Waals surface area contributed by atoms with Crippen LogP contribution in [0.4, 0.5) is 5.69 Å². The average molecular weight is 360 g/mol. The van der Waals surface area contributed by atoms with Crippen LogP contribution in [0.2, 0.25) is 19.6 Å². The fraction of sp³-hybridized carbons (Fsp3) is 0.333. The van der Waals surface area contributed by atoms with Crippen LogP contribution >= 0.6 is 11.3 Å². The van der Waals surface area contributed by atoms with Gasteiger partial charge < -0.3 is 10.1 Å². The molecular formula is C18H21NO3SSi. The second-order valence-electron chi connectivity index (χ2n) is 6.41. The Labute approximate surface area is 147 Å². The van der Waals surface area contributed by atoms with E-state index in [0.717, 1.165) is 15.6 Å². The Morgan fingerprint density at radius 3 is 2.58 bits per heavy atom. The van der Waals surface area contributed by atoms with Gasteiger partial charge in [0.05, 0.1) is 17.9 Å². The van der Waals surface area contributed by atoms with E-state index in [1.165, 1.54) is 18.3 Å². The third-order valence-electron chi connectivity index (χ3n) is 3.05. The first-order valence-corrected chi connectivity index (χ1v) is 12.1. The summed E-state index contributed by atoms with van der Waals surface area (Å²) < 4.78 is 6.03. The quantitative estimate of drug-likeness (QED) is 0.506. The minimum absolute atomic E-state index is 0.147. The molecule has 2 rings (SSSR count). The highest BCUT2D eigenvalue weighted by atomic mass is 32.1. The van der Waals surface area contributed by atoms with E-state index >= 15 is 0 Å². The molecule has 0 fully saturated rings. The van der Waals surface area contributed by atoms with E-state index in [0.29, 0.717) is 17.2 Å². The predicted molar refractivity (Wildman–Crippen MR) is 102 cm³/mol. The van der Waals surface area contributed by atoms with Gasteiger partial charge in [-0.3, -0.25) is 4.79 Å². The van der Waals surface area contributed by atoms with Crippen molar-refractivity contribution in [3.05, 3.63) is 28.6 Å². The Morgan fingerprint density at radius 2 is 2.00 bits per heavy atom. The largest absolute Gasteiger partial charge is 0.462 e. The first kappa shape index (κ1) is 18.2. The van der Waals surface area contributed by atoms with Crippen molar-refractivity contribution in [2.45, 2.75) is 33.5 Å². The van der Waals surface area contributed by atoms with Crippen LogP contribution in [-0.4, -0.2) is 26.6 Å². The Morgan fingerprint density at radius 1 is 1.29 bits per heavy atom. The zero-order valence-electron chi connectivity index (χ0n) is 14.6. The third kappa shape index (κ3) is 4.46. The van der Waals surface area contributed by atoms with Crippen LogP contribution in [0.1, 0.15) is 29.1 Å². The number of nitrogens with one attached hydrogen (secondary N) is 1. The van der Waals surface area contributed by atoms with Crippen molar-refractivity contribution in [3.8, 4) is 11.5 Å². The lowest BCUT2D eigenvalue weighted by molar-refractivity contribution is -0.114. The van der Waals surface area contributed by atoms with Crippen molar-refractivity contribution >= 4 is 47.1 Å². The highest BCUT2D eigenvalue weighted by Crippen LogP contribution is 2.33. The summed E-state index contributed by atoms with van der Waals surface area (Å²) in [5.41, 5.74) is 4.77. The van der Waals surface area contributed by atoms with E-state index in [2.05, 4.69) is 36.4 Å². The monoisotopic (exact) mass is 359 g/mol. The van der Waals surface area contributed by atoms with Crippen molar-refractivity contribution in [2.75, 3.05) is 11.9 Å². The van der Waals surface area contributed by atoms with Gasteiger partial charge in [-0.1, -0.05) is 25.6 Å². The van der Waals surface area contributed by atoms with Gasteiger partial charge in [-0.15, -0.1) is 16.9 Å². The van der Waals surface area contributed by atoms with E-state index in [1.54, 1.807) is 13.0 Å². The molecule has 1 N–H and O–H groups in total. The van der Waals surface area contributed by atoms with Crippen LogP contribution < -0.4 is 5.32 Å². The lowest BCUT2D eigenvalue weighted by Gasteiger charge is -2.08. The molecule has 24 heavy (non-hydrogen) atoms. The number of amides is 1. The van der Waals surface area contributed by atoms with E-state index in [4.69, 9.17) is 4.74 Å². The second kappa shape index (κ2) is 7.20. The van der Waals surface area contributed by atoms with Crippen LogP contribution in [0.3, 0.4) is 0 Å². The molecule has 0 spiro atoms. The second-order valence-corrected chi connectivity index (χ2v) is 12.2. The molecule has 1 aromatic heterocycles. The zero-order chi connectivity index (χ0) is 17.9. The summed E-state index contributed by atoms with van der Waals surface area (Å²) in [7, 11) is -1.58. The van der Waals surface area contributed by atoms with Crippen molar-refractivity contribution < 1.29 is 14.3 Å². The van der Waals surface area contributed by atoms with Gasteiger partial charge in [0.1, 0.15) is 13.0 Å². The fourth-order valence-electron chi connectivity index (χ4n) is 2.09. The predicted octanol–water partition coefficient (Wildman–Crippen LogP) is 4.27. The summed E-state index contributed by atoms with van der Waals surface area (Å²) >= 11 is 1.38. The number of anilines is 1. The molecule has 0 aliphatic rings. The smallest absolute Gasteiger partial charge is 0.348 e. The lowest BCUT2D eigenvalue weighted by atomic mass is 10.1. The van der Waals surface area contributed by atoms with Crippen LogP contribution in [0.15, 0.2) is 18.2 Å².